The zero-order valence-electron chi connectivity index (χ0n) is 12.0. The summed E-state index contributed by atoms with van der Waals surface area (Å²) in [6, 6.07) is 17.6. The highest BCUT2D eigenvalue weighted by molar-refractivity contribution is 5.93. The lowest BCUT2D eigenvalue weighted by molar-refractivity contribution is 0.147. The second kappa shape index (κ2) is 5.87. The predicted molar refractivity (Wildman–Crippen MR) is 83.7 cm³/mol. The number of likely N-dealkylation sites (N-methyl/N-ethyl adjacent to an activating group) is 1. The Balaban J connectivity index is 1.72. The van der Waals surface area contributed by atoms with Crippen LogP contribution in [0, 0.1) is 0 Å². The van der Waals surface area contributed by atoms with E-state index in [1.807, 2.05) is 61.6 Å². The number of benzene rings is 2. The standard InChI is InChI=1S/C17H18N2O2/c1-18-11-12-19(16-10-6-5-9-15(16)18)17(20)21-13-14-7-3-2-4-8-14/h2-10H,11-13H2,1H3. The van der Waals surface area contributed by atoms with Gasteiger partial charge in [-0.1, -0.05) is 42.5 Å². The van der Waals surface area contributed by atoms with E-state index < -0.39 is 0 Å². The Morgan fingerprint density at radius 2 is 1.67 bits per heavy atom. The quantitative estimate of drug-likeness (QED) is 0.847. The van der Waals surface area contributed by atoms with E-state index in [9.17, 15) is 4.79 Å². The van der Waals surface area contributed by atoms with Gasteiger partial charge in [-0.3, -0.25) is 4.90 Å². The zero-order chi connectivity index (χ0) is 14.7. The number of hydrogen-bond donors (Lipinski definition) is 0. The molecule has 0 saturated heterocycles. The molecular formula is C17H18N2O2. The summed E-state index contributed by atoms with van der Waals surface area (Å²) in [5, 5.41) is 0. The van der Waals surface area contributed by atoms with E-state index in [0.29, 0.717) is 13.2 Å². The van der Waals surface area contributed by atoms with Crippen molar-refractivity contribution < 1.29 is 9.53 Å². The van der Waals surface area contributed by atoms with E-state index in [1.165, 1.54) is 0 Å². The summed E-state index contributed by atoms with van der Waals surface area (Å²) < 4.78 is 5.43. The number of amides is 1. The number of rotatable bonds is 2. The Hall–Kier alpha value is -2.49. The first-order valence-electron chi connectivity index (χ1n) is 7.04. The summed E-state index contributed by atoms with van der Waals surface area (Å²) in [6.07, 6.45) is -0.292. The topological polar surface area (TPSA) is 32.8 Å². The fourth-order valence-corrected chi connectivity index (χ4v) is 2.49. The molecule has 0 aliphatic carbocycles. The number of fused-ring (bicyclic) bond motifs is 1. The molecule has 0 radical (unpaired) electrons. The molecule has 21 heavy (non-hydrogen) atoms. The van der Waals surface area contributed by atoms with Crippen LogP contribution in [0.1, 0.15) is 5.56 Å². The van der Waals surface area contributed by atoms with Gasteiger partial charge in [-0.15, -0.1) is 0 Å². The summed E-state index contributed by atoms with van der Waals surface area (Å²) in [4.78, 5) is 16.2. The molecule has 1 aliphatic rings. The van der Waals surface area contributed by atoms with E-state index in [2.05, 4.69) is 4.90 Å². The number of nitrogens with zero attached hydrogens (tertiary/aromatic N) is 2. The second-order valence-corrected chi connectivity index (χ2v) is 5.10. The summed E-state index contributed by atoms with van der Waals surface area (Å²) in [7, 11) is 2.03. The van der Waals surface area contributed by atoms with E-state index in [-0.39, 0.29) is 6.09 Å². The number of para-hydroxylation sites is 2. The highest BCUT2D eigenvalue weighted by atomic mass is 16.6. The molecule has 0 unspecified atom stereocenters. The summed E-state index contributed by atoms with van der Waals surface area (Å²) >= 11 is 0. The molecule has 0 N–H and O–H groups in total. The van der Waals surface area contributed by atoms with Crippen LogP contribution < -0.4 is 9.80 Å². The lowest BCUT2D eigenvalue weighted by Crippen LogP contribution is -2.42. The van der Waals surface area contributed by atoms with Crippen LogP contribution in [0.15, 0.2) is 54.6 Å². The third-order valence-corrected chi connectivity index (χ3v) is 3.67. The van der Waals surface area contributed by atoms with Crippen LogP contribution in [-0.4, -0.2) is 26.2 Å². The van der Waals surface area contributed by atoms with E-state index in [1.54, 1.807) is 4.90 Å². The van der Waals surface area contributed by atoms with Crippen molar-refractivity contribution in [3.63, 3.8) is 0 Å². The van der Waals surface area contributed by atoms with Crippen molar-refractivity contribution in [2.75, 3.05) is 29.9 Å². The van der Waals surface area contributed by atoms with Crippen molar-refractivity contribution in [3.8, 4) is 0 Å². The Labute approximate surface area is 124 Å². The predicted octanol–water partition coefficient (Wildman–Crippen LogP) is 3.28. The van der Waals surface area contributed by atoms with Crippen LogP contribution >= 0.6 is 0 Å². The average Bonchev–Trinajstić information content (AvgIpc) is 2.54. The first-order chi connectivity index (χ1) is 10.3. The maximum Gasteiger partial charge on any atom is 0.414 e. The molecule has 0 atom stereocenters. The molecule has 4 nitrogen and oxygen atoms in total. The van der Waals surface area contributed by atoms with Crippen molar-refractivity contribution in [2.45, 2.75) is 6.61 Å². The van der Waals surface area contributed by atoms with Crippen LogP contribution in [-0.2, 0) is 11.3 Å². The lowest BCUT2D eigenvalue weighted by atomic mass is 10.2. The molecule has 2 aromatic rings. The summed E-state index contributed by atoms with van der Waals surface area (Å²) in [6.45, 7) is 1.74. The highest BCUT2D eigenvalue weighted by Gasteiger charge is 2.25. The minimum Gasteiger partial charge on any atom is -0.444 e. The molecule has 108 valence electrons. The molecule has 1 heterocycles. The van der Waals surface area contributed by atoms with E-state index >= 15 is 0 Å². The van der Waals surface area contributed by atoms with Crippen LogP contribution in [0.3, 0.4) is 0 Å². The van der Waals surface area contributed by atoms with Crippen molar-refractivity contribution in [2.24, 2.45) is 0 Å². The summed E-state index contributed by atoms with van der Waals surface area (Å²) in [5.74, 6) is 0. The Morgan fingerprint density at radius 1 is 1.00 bits per heavy atom. The lowest BCUT2D eigenvalue weighted by Gasteiger charge is -2.34. The van der Waals surface area contributed by atoms with E-state index in [4.69, 9.17) is 4.74 Å². The number of hydrogen-bond acceptors (Lipinski definition) is 3. The number of anilines is 2. The normalized spacial score (nSPS) is 13.8. The Morgan fingerprint density at radius 3 is 2.43 bits per heavy atom. The number of carbonyl (C=O) groups is 1. The zero-order valence-corrected chi connectivity index (χ0v) is 12.0. The summed E-state index contributed by atoms with van der Waals surface area (Å²) in [5.41, 5.74) is 2.96. The molecule has 3 rings (SSSR count). The third kappa shape index (κ3) is 2.84. The maximum atomic E-state index is 12.3. The fourth-order valence-electron chi connectivity index (χ4n) is 2.49. The van der Waals surface area contributed by atoms with Gasteiger partial charge < -0.3 is 9.64 Å². The van der Waals surface area contributed by atoms with Crippen molar-refractivity contribution >= 4 is 17.5 Å². The van der Waals surface area contributed by atoms with Gasteiger partial charge in [0.05, 0.1) is 11.4 Å². The molecule has 0 bridgehead atoms. The third-order valence-electron chi connectivity index (χ3n) is 3.67. The Kier molecular flexibility index (Phi) is 3.77. The molecule has 0 spiro atoms. The number of ether oxygens (including phenoxy) is 1. The minimum atomic E-state index is -0.292. The van der Waals surface area contributed by atoms with Gasteiger partial charge in [-0.2, -0.15) is 0 Å². The maximum absolute atomic E-state index is 12.3. The smallest absolute Gasteiger partial charge is 0.414 e. The average molecular weight is 282 g/mol. The van der Waals surface area contributed by atoms with Gasteiger partial charge in [0.25, 0.3) is 0 Å². The van der Waals surface area contributed by atoms with Crippen molar-refractivity contribution in [3.05, 3.63) is 60.2 Å². The SMILES string of the molecule is CN1CCN(C(=O)OCc2ccccc2)c2ccccc21. The van der Waals surface area contributed by atoms with Gasteiger partial charge in [-0.25, -0.2) is 4.79 Å². The van der Waals surface area contributed by atoms with Gasteiger partial charge in [0.1, 0.15) is 6.61 Å². The van der Waals surface area contributed by atoms with Gasteiger partial charge in [0.2, 0.25) is 0 Å². The molecule has 1 amide bonds. The molecule has 0 saturated carbocycles. The van der Waals surface area contributed by atoms with E-state index in [0.717, 1.165) is 23.5 Å². The second-order valence-electron chi connectivity index (χ2n) is 5.10. The van der Waals surface area contributed by atoms with Gasteiger partial charge in [-0.05, 0) is 17.7 Å². The van der Waals surface area contributed by atoms with Crippen LogP contribution in [0.2, 0.25) is 0 Å². The Bertz CT molecular complexity index is 628. The molecule has 0 fully saturated rings. The molecule has 4 heteroatoms. The van der Waals surface area contributed by atoms with Gasteiger partial charge in [0, 0.05) is 20.1 Å². The van der Waals surface area contributed by atoms with Gasteiger partial charge in [0.15, 0.2) is 0 Å². The first-order valence-corrected chi connectivity index (χ1v) is 7.04. The molecule has 1 aliphatic heterocycles. The van der Waals surface area contributed by atoms with Crippen LogP contribution in [0.5, 0.6) is 0 Å². The first kappa shape index (κ1) is 13.5. The largest absolute Gasteiger partial charge is 0.444 e. The number of carbonyl (C=O) groups excluding carboxylic acids is 1. The van der Waals surface area contributed by atoms with Gasteiger partial charge >= 0.3 is 6.09 Å². The molecular weight excluding hydrogens is 264 g/mol. The minimum absolute atomic E-state index is 0.292. The van der Waals surface area contributed by atoms with Crippen molar-refractivity contribution in [1.82, 2.24) is 0 Å². The molecule has 2 aromatic carbocycles. The van der Waals surface area contributed by atoms with Crippen LogP contribution in [0.25, 0.3) is 0 Å². The molecule has 0 aromatic heterocycles. The highest BCUT2D eigenvalue weighted by Crippen LogP contribution is 2.32. The van der Waals surface area contributed by atoms with Crippen molar-refractivity contribution in [1.29, 1.82) is 0 Å². The van der Waals surface area contributed by atoms with Crippen LogP contribution in [0.4, 0.5) is 16.2 Å². The monoisotopic (exact) mass is 282 g/mol. The fraction of sp³-hybridized carbons (Fsp3) is 0.235.